The zero-order chi connectivity index (χ0) is 25.1. The zero-order valence-electron chi connectivity index (χ0n) is 22.4. The monoisotopic (exact) mass is 486 g/mol. The van der Waals surface area contributed by atoms with Crippen molar-refractivity contribution in [1.29, 1.82) is 0 Å². The Bertz CT molecular complexity index is 621. The number of unbranched alkanes of at least 4 members (excludes halogenated alkanes) is 12. The molecule has 2 bridgehead atoms. The third-order valence-corrected chi connectivity index (χ3v) is 7.43. The second-order valence-electron chi connectivity index (χ2n) is 10.3. The van der Waals surface area contributed by atoms with Crippen molar-refractivity contribution in [2.45, 2.75) is 110 Å². The van der Waals surface area contributed by atoms with Crippen LogP contribution in [0.1, 0.15) is 110 Å². The van der Waals surface area contributed by atoms with Crippen molar-refractivity contribution in [2.75, 3.05) is 13.2 Å². The molecule has 0 amide bonds. The maximum absolute atomic E-state index is 12.8. The van der Waals surface area contributed by atoms with Crippen LogP contribution < -0.4 is 0 Å². The smallest absolute Gasteiger partial charge is 0.310 e. The number of rotatable bonds is 20. The van der Waals surface area contributed by atoms with Gasteiger partial charge < -0.3 is 9.47 Å². The van der Waals surface area contributed by atoms with Crippen LogP contribution in [-0.2, 0) is 19.1 Å². The van der Waals surface area contributed by atoms with Gasteiger partial charge in [0.15, 0.2) is 0 Å². The zero-order valence-corrected chi connectivity index (χ0v) is 22.4. The molecule has 4 atom stereocenters. The molecule has 2 aliphatic carbocycles. The van der Waals surface area contributed by atoms with Crippen LogP contribution in [0.2, 0.25) is 0 Å². The largest absolute Gasteiger partial charge is 0.461 e. The molecule has 4 unspecified atom stereocenters. The van der Waals surface area contributed by atoms with Crippen LogP contribution in [0, 0.1) is 23.7 Å². The van der Waals surface area contributed by atoms with Crippen molar-refractivity contribution in [3.63, 3.8) is 0 Å². The summed E-state index contributed by atoms with van der Waals surface area (Å²) in [5.74, 6) is -1.13. The van der Waals surface area contributed by atoms with E-state index < -0.39 is 11.8 Å². The first-order valence-electron chi connectivity index (χ1n) is 14.5. The molecule has 0 aliphatic heterocycles. The summed E-state index contributed by atoms with van der Waals surface area (Å²) in [6, 6.07) is 0. The average Bonchev–Trinajstić information content (AvgIpc) is 3.48. The molecule has 0 aromatic rings. The van der Waals surface area contributed by atoms with Gasteiger partial charge in [-0.15, -0.1) is 0 Å². The van der Waals surface area contributed by atoms with E-state index in [9.17, 15) is 9.59 Å². The minimum absolute atomic E-state index is 0.0976. The Morgan fingerprint density at radius 2 is 1.03 bits per heavy atom. The summed E-state index contributed by atoms with van der Waals surface area (Å²) in [5.41, 5.74) is 0. The lowest BCUT2D eigenvalue weighted by atomic mass is 9.83. The first-order chi connectivity index (χ1) is 17.2. The second-order valence-corrected chi connectivity index (χ2v) is 10.3. The molecule has 4 heteroatoms. The van der Waals surface area contributed by atoms with E-state index in [1.807, 2.05) is 12.2 Å². The highest BCUT2D eigenvalue weighted by atomic mass is 16.5. The first kappa shape index (κ1) is 29.4. The van der Waals surface area contributed by atoms with E-state index >= 15 is 0 Å². The van der Waals surface area contributed by atoms with Crippen LogP contribution in [0.25, 0.3) is 0 Å². The standard InChI is InChI=1S/C31H50O4/c1-3-5-7-9-11-13-15-17-19-23-34-30(32)28-26-21-22-27(25-26)29(28)31(33)35-24-20-18-16-14-12-10-8-6-4-2/h17-22,26-29H,3-16,23-25H2,1-2H3/b19-17+,20-18+. The second kappa shape index (κ2) is 18.4. The summed E-state index contributed by atoms with van der Waals surface area (Å²) in [4.78, 5) is 25.6. The van der Waals surface area contributed by atoms with Crippen LogP contribution in [0.3, 0.4) is 0 Å². The predicted octanol–water partition coefficient (Wildman–Crippen LogP) is 8.12. The van der Waals surface area contributed by atoms with Crippen LogP contribution in [0.15, 0.2) is 36.5 Å². The molecule has 0 aromatic carbocycles. The Labute approximate surface area is 214 Å². The lowest BCUT2D eigenvalue weighted by Crippen LogP contribution is -2.35. The molecule has 2 aliphatic rings. The molecule has 0 heterocycles. The van der Waals surface area contributed by atoms with E-state index in [0.717, 1.165) is 19.3 Å². The normalized spacial score (nSPS) is 23.0. The van der Waals surface area contributed by atoms with E-state index in [4.69, 9.17) is 9.47 Å². The van der Waals surface area contributed by atoms with E-state index in [0.29, 0.717) is 0 Å². The quantitative estimate of drug-likeness (QED) is 0.0990. The molecule has 0 spiro atoms. The maximum Gasteiger partial charge on any atom is 0.310 e. The summed E-state index contributed by atoms with van der Waals surface area (Å²) in [5, 5.41) is 0. The van der Waals surface area contributed by atoms with Gasteiger partial charge in [0.2, 0.25) is 0 Å². The molecule has 35 heavy (non-hydrogen) atoms. The highest BCUT2D eigenvalue weighted by molar-refractivity contribution is 5.84. The Morgan fingerprint density at radius 1 is 0.629 bits per heavy atom. The Morgan fingerprint density at radius 3 is 1.46 bits per heavy atom. The summed E-state index contributed by atoms with van der Waals surface area (Å²) >= 11 is 0. The number of esters is 2. The summed E-state index contributed by atoms with van der Waals surface area (Å²) < 4.78 is 11.1. The summed E-state index contributed by atoms with van der Waals surface area (Å²) in [6.07, 6.45) is 30.5. The van der Waals surface area contributed by atoms with E-state index in [2.05, 4.69) is 38.2 Å². The molecule has 0 N–H and O–H groups in total. The summed E-state index contributed by atoms with van der Waals surface area (Å²) in [7, 11) is 0. The summed E-state index contributed by atoms with van der Waals surface area (Å²) in [6.45, 7) is 5.04. The molecule has 1 saturated carbocycles. The van der Waals surface area contributed by atoms with Gasteiger partial charge in [-0.05, 0) is 43.9 Å². The highest BCUT2D eigenvalue weighted by Gasteiger charge is 2.53. The topological polar surface area (TPSA) is 52.6 Å². The van der Waals surface area contributed by atoms with E-state index in [1.54, 1.807) is 0 Å². The van der Waals surface area contributed by atoms with Crippen molar-refractivity contribution in [2.24, 2.45) is 23.7 Å². The van der Waals surface area contributed by atoms with E-state index in [-0.39, 0.29) is 37.0 Å². The lowest BCUT2D eigenvalue weighted by molar-refractivity contribution is -0.160. The number of hydrogen-bond acceptors (Lipinski definition) is 4. The Hall–Kier alpha value is -1.84. The third kappa shape index (κ3) is 11.2. The number of hydrogen-bond donors (Lipinski definition) is 0. The van der Waals surface area contributed by atoms with Crippen LogP contribution in [-0.4, -0.2) is 25.2 Å². The predicted molar refractivity (Wildman–Crippen MR) is 144 cm³/mol. The SMILES string of the molecule is CCCCCCCC/C=C/COC(=O)C1C2C=CC(C2)C1C(=O)OC/C=C/CCCCCCCC. The number of allylic oxidation sites excluding steroid dienone is 4. The molecular weight excluding hydrogens is 436 g/mol. The number of ether oxygens (including phenoxy) is 2. The van der Waals surface area contributed by atoms with Gasteiger partial charge in [-0.25, -0.2) is 0 Å². The number of carbonyl (C=O) groups is 2. The lowest BCUT2D eigenvalue weighted by Gasteiger charge is -2.24. The van der Waals surface area contributed by atoms with Crippen LogP contribution >= 0.6 is 0 Å². The number of fused-ring (bicyclic) bond motifs is 2. The van der Waals surface area contributed by atoms with Crippen LogP contribution in [0.4, 0.5) is 0 Å². The van der Waals surface area contributed by atoms with Gasteiger partial charge >= 0.3 is 11.9 Å². The van der Waals surface area contributed by atoms with Gasteiger partial charge in [0.05, 0.1) is 11.8 Å². The molecular formula is C31H50O4. The minimum Gasteiger partial charge on any atom is -0.461 e. The first-order valence-corrected chi connectivity index (χ1v) is 14.5. The molecule has 0 radical (unpaired) electrons. The van der Waals surface area contributed by atoms with Crippen molar-refractivity contribution < 1.29 is 19.1 Å². The van der Waals surface area contributed by atoms with Crippen molar-refractivity contribution in [3.8, 4) is 0 Å². The fourth-order valence-corrected chi connectivity index (χ4v) is 5.37. The van der Waals surface area contributed by atoms with Gasteiger partial charge in [-0.3, -0.25) is 9.59 Å². The van der Waals surface area contributed by atoms with E-state index in [1.165, 1.54) is 77.0 Å². The molecule has 0 aromatic heterocycles. The molecule has 4 nitrogen and oxygen atoms in total. The number of carbonyl (C=O) groups excluding carboxylic acids is 2. The van der Waals surface area contributed by atoms with Gasteiger partial charge in [0, 0.05) is 0 Å². The third-order valence-electron chi connectivity index (χ3n) is 7.43. The molecule has 1 fully saturated rings. The maximum atomic E-state index is 12.8. The average molecular weight is 487 g/mol. The van der Waals surface area contributed by atoms with Crippen molar-refractivity contribution >= 4 is 11.9 Å². The molecule has 2 rings (SSSR count). The highest BCUT2D eigenvalue weighted by Crippen LogP contribution is 2.49. The molecule has 0 saturated heterocycles. The van der Waals surface area contributed by atoms with Gasteiger partial charge in [-0.2, -0.15) is 0 Å². The van der Waals surface area contributed by atoms with Gasteiger partial charge in [-0.1, -0.05) is 115 Å². The fraction of sp³-hybridized carbons (Fsp3) is 0.742. The fourth-order valence-electron chi connectivity index (χ4n) is 5.37. The minimum atomic E-state index is -0.406. The van der Waals surface area contributed by atoms with Gasteiger partial charge in [0.1, 0.15) is 13.2 Å². The van der Waals surface area contributed by atoms with Crippen molar-refractivity contribution in [1.82, 2.24) is 0 Å². The Kier molecular flexibility index (Phi) is 15.5. The van der Waals surface area contributed by atoms with Crippen molar-refractivity contribution in [3.05, 3.63) is 36.5 Å². The Balaban J connectivity index is 1.64. The van der Waals surface area contributed by atoms with Gasteiger partial charge in [0.25, 0.3) is 0 Å². The van der Waals surface area contributed by atoms with Crippen LogP contribution in [0.5, 0.6) is 0 Å². The molecule has 198 valence electrons.